The Morgan fingerprint density at radius 3 is 1.21 bits per heavy atom. The summed E-state index contributed by atoms with van der Waals surface area (Å²) in [6, 6.07) is -0.915. The number of amides is 1. The van der Waals surface area contributed by atoms with Crippen molar-refractivity contribution < 1.29 is 37.3 Å². The molecule has 0 aromatic heterocycles. The molecule has 0 radical (unpaired) electrons. The van der Waals surface area contributed by atoms with Gasteiger partial charge in [-0.3, -0.25) is 14.2 Å². The predicted molar refractivity (Wildman–Crippen MR) is 348 cm³/mol. The van der Waals surface area contributed by atoms with Gasteiger partial charge in [-0.1, -0.05) is 252 Å². The lowest BCUT2D eigenvalue weighted by Gasteiger charge is -2.30. The van der Waals surface area contributed by atoms with E-state index in [2.05, 4.69) is 135 Å². The standard InChI is InChI=1S/C71H123N2O7P/c1-7-10-13-16-19-22-25-28-30-32-33-34-35-36-37-38-39-41-43-46-49-52-55-58-61-64-71(75)80-69(62-59-56-53-50-47-44-27-24-21-18-15-12-9-3)68(67-79-81(76,77)78-66-65-73(4,5)6)72-70(74)63-60-57-54-51-48-45-42-40-31-29-26-23-20-17-14-11-8-2/h10,13,19-20,22-23,28-31,33-34,36-37,39,41-42,45,59,62,68-69H,7-9,11-12,14-18,21,24-27,32,35,38,40,43-44,46-58,60-61,63-67H2,1-6H3,(H-,72,74,76,77)/b13-10-,22-19-,23-20-,30-28-,31-29-,34-33-,37-36-,41-39-,45-42-,62-59-. The van der Waals surface area contributed by atoms with Crippen LogP contribution >= 0.6 is 7.82 Å². The number of likely N-dealkylation sites (N-methyl/N-ethyl adjacent to an activating group) is 1. The van der Waals surface area contributed by atoms with Crippen molar-refractivity contribution in [2.75, 3.05) is 40.9 Å². The largest absolute Gasteiger partial charge is 0.756 e. The highest BCUT2D eigenvalue weighted by molar-refractivity contribution is 7.45. The summed E-state index contributed by atoms with van der Waals surface area (Å²) in [5.41, 5.74) is 0. The molecule has 0 rings (SSSR count). The van der Waals surface area contributed by atoms with Crippen molar-refractivity contribution in [2.24, 2.45) is 0 Å². The maximum Gasteiger partial charge on any atom is 0.306 e. The molecule has 3 atom stereocenters. The summed E-state index contributed by atoms with van der Waals surface area (Å²) in [6.07, 6.45) is 83.0. The monoisotopic (exact) mass is 1150 g/mol. The van der Waals surface area contributed by atoms with Crippen LogP contribution in [0.1, 0.15) is 265 Å². The van der Waals surface area contributed by atoms with Gasteiger partial charge in [0.05, 0.1) is 33.8 Å². The molecule has 0 spiro atoms. The van der Waals surface area contributed by atoms with E-state index >= 15 is 0 Å². The zero-order valence-electron chi connectivity index (χ0n) is 52.9. The molecule has 1 N–H and O–H groups in total. The summed E-state index contributed by atoms with van der Waals surface area (Å²) in [6.45, 7) is 6.67. The van der Waals surface area contributed by atoms with E-state index in [9.17, 15) is 19.0 Å². The van der Waals surface area contributed by atoms with Crippen LogP contribution in [0, 0.1) is 0 Å². The van der Waals surface area contributed by atoms with Crippen molar-refractivity contribution >= 4 is 19.7 Å². The van der Waals surface area contributed by atoms with Gasteiger partial charge in [-0.15, -0.1) is 0 Å². The maximum absolute atomic E-state index is 13.5. The minimum atomic E-state index is -4.72. The molecule has 1 amide bonds. The van der Waals surface area contributed by atoms with Crippen LogP contribution in [0.2, 0.25) is 0 Å². The van der Waals surface area contributed by atoms with E-state index in [1.807, 2.05) is 33.3 Å². The van der Waals surface area contributed by atoms with Crippen molar-refractivity contribution in [3.8, 4) is 0 Å². The van der Waals surface area contributed by atoms with Gasteiger partial charge in [0.2, 0.25) is 5.91 Å². The van der Waals surface area contributed by atoms with Crippen LogP contribution in [0.4, 0.5) is 0 Å². The Morgan fingerprint density at radius 2 is 0.790 bits per heavy atom. The summed E-state index contributed by atoms with van der Waals surface area (Å²) >= 11 is 0. The first-order valence-electron chi connectivity index (χ1n) is 32.8. The highest BCUT2D eigenvalue weighted by Crippen LogP contribution is 2.38. The Bertz CT molecular complexity index is 1800. The average Bonchev–Trinajstić information content (AvgIpc) is 3.44. The first kappa shape index (κ1) is 77.4. The third-order valence-electron chi connectivity index (χ3n) is 13.9. The van der Waals surface area contributed by atoms with Crippen LogP contribution < -0.4 is 10.2 Å². The Labute approximate surface area is 499 Å². The van der Waals surface area contributed by atoms with Crippen molar-refractivity contribution in [3.05, 3.63) is 122 Å². The van der Waals surface area contributed by atoms with Crippen LogP contribution in [-0.2, 0) is 27.9 Å². The molecular weight excluding hydrogens is 1020 g/mol. The van der Waals surface area contributed by atoms with E-state index < -0.39 is 26.6 Å². The number of carbonyl (C=O) groups excluding carboxylic acids is 2. The number of quaternary nitrogens is 1. The van der Waals surface area contributed by atoms with Gasteiger partial charge in [0, 0.05) is 12.8 Å². The number of unbranched alkanes of at least 4 members (excludes halogenated alkanes) is 24. The van der Waals surface area contributed by atoms with E-state index in [4.69, 9.17) is 13.8 Å². The van der Waals surface area contributed by atoms with Crippen LogP contribution in [0.5, 0.6) is 0 Å². The van der Waals surface area contributed by atoms with Crippen molar-refractivity contribution in [2.45, 2.75) is 277 Å². The highest BCUT2D eigenvalue weighted by Gasteiger charge is 2.27. The normalized spacial score (nSPS) is 14.4. The molecule has 0 aliphatic carbocycles. The first-order chi connectivity index (χ1) is 39.4. The molecule has 3 unspecified atom stereocenters. The average molecular weight is 1150 g/mol. The smallest absolute Gasteiger partial charge is 0.306 e. The number of nitrogens with zero attached hydrogens (tertiary/aromatic N) is 1. The lowest BCUT2D eigenvalue weighted by atomic mass is 10.0. The van der Waals surface area contributed by atoms with Gasteiger partial charge in [0.25, 0.3) is 7.82 Å². The fourth-order valence-corrected chi connectivity index (χ4v) is 9.55. The quantitative estimate of drug-likeness (QED) is 0.0212. The lowest BCUT2D eigenvalue weighted by Crippen LogP contribution is -2.47. The number of nitrogens with one attached hydrogen (secondary N) is 1. The Hall–Kier alpha value is -3.59. The van der Waals surface area contributed by atoms with Gasteiger partial charge >= 0.3 is 5.97 Å². The van der Waals surface area contributed by atoms with Crippen LogP contribution in [-0.4, -0.2) is 69.4 Å². The summed E-state index contributed by atoms with van der Waals surface area (Å²) < 4.78 is 30.3. The van der Waals surface area contributed by atoms with E-state index in [1.54, 1.807) is 0 Å². The zero-order valence-corrected chi connectivity index (χ0v) is 53.8. The molecule has 0 aliphatic heterocycles. The number of esters is 1. The van der Waals surface area contributed by atoms with E-state index in [1.165, 1.54) is 83.5 Å². The van der Waals surface area contributed by atoms with Crippen LogP contribution in [0.3, 0.4) is 0 Å². The highest BCUT2D eigenvalue weighted by atomic mass is 31.2. The number of phosphoric acid groups is 1. The molecule has 10 heteroatoms. The number of allylic oxidation sites excluding steroid dienone is 19. The molecule has 0 aliphatic rings. The van der Waals surface area contributed by atoms with Gasteiger partial charge < -0.3 is 28.5 Å². The first-order valence-corrected chi connectivity index (χ1v) is 34.3. The van der Waals surface area contributed by atoms with E-state index in [0.29, 0.717) is 23.9 Å². The molecule has 81 heavy (non-hydrogen) atoms. The van der Waals surface area contributed by atoms with E-state index in [-0.39, 0.29) is 31.3 Å². The molecule has 0 saturated heterocycles. The molecule has 0 fully saturated rings. The molecule has 9 nitrogen and oxygen atoms in total. The summed E-state index contributed by atoms with van der Waals surface area (Å²) in [7, 11) is 1.14. The molecule has 0 heterocycles. The van der Waals surface area contributed by atoms with Gasteiger partial charge in [0.1, 0.15) is 19.3 Å². The minimum absolute atomic E-state index is 0.0357. The Morgan fingerprint density at radius 1 is 0.444 bits per heavy atom. The second-order valence-corrected chi connectivity index (χ2v) is 24.3. The number of hydrogen-bond acceptors (Lipinski definition) is 7. The third kappa shape index (κ3) is 60.8. The van der Waals surface area contributed by atoms with Gasteiger partial charge in [0.15, 0.2) is 0 Å². The Kier molecular flexibility index (Phi) is 56.9. The summed E-state index contributed by atoms with van der Waals surface area (Å²) in [5.74, 6) is -0.588. The molecular formula is C71H123N2O7P. The summed E-state index contributed by atoms with van der Waals surface area (Å²) in [4.78, 5) is 40.1. The topological polar surface area (TPSA) is 114 Å². The van der Waals surface area contributed by atoms with Crippen molar-refractivity contribution in [3.63, 3.8) is 0 Å². The number of hydrogen-bond donors (Lipinski definition) is 1. The summed E-state index contributed by atoms with van der Waals surface area (Å²) in [5, 5.41) is 3.02. The van der Waals surface area contributed by atoms with Gasteiger partial charge in [-0.25, -0.2) is 0 Å². The minimum Gasteiger partial charge on any atom is -0.756 e. The number of carbonyl (C=O) groups is 2. The van der Waals surface area contributed by atoms with Crippen LogP contribution in [0.25, 0.3) is 0 Å². The molecule has 0 bridgehead atoms. The van der Waals surface area contributed by atoms with E-state index in [0.717, 1.165) is 135 Å². The van der Waals surface area contributed by atoms with Gasteiger partial charge in [-0.2, -0.15) is 0 Å². The lowest BCUT2D eigenvalue weighted by molar-refractivity contribution is -0.870. The van der Waals surface area contributed by atoms with Crippen molar-refractivity contribution in [1.29, 1.82) is 0 Å². The third-order valence-corrected chi connectivity index (χ3v) is 14.8. The number of rotatable bonds is 58. The maximum atomic E-state index is 13.5. The molecule has 0 saturated carbocycles. The fourth-order valence-electron chi connectivity index (χ4n) is 8.83. The van der Waals surface area contributed by atoms with Crippen LogP contribution in [0.15, 0.2) is 122 Å². The SMILES string of the molecule is CC/C=C\C/C=C\C/C=C\C/C=C\C/C=C\C/C=C\CCCCCCCCC(=O)OC(/C=C\CCCCCCCCCCCCC)C(COP(=O)([O-])OCC[N+](C)(C)C)NC(=O)CCCCCC/C=C\C/C=C\C/C=C\CCCCC. The fraction of sp³-hybridized carbons (Fsp3) is 0.690. The number of phosphoric ester groups is 1. The number of ether oxygens (including phenoxy) is 1. The molecule has 0 aromatic rings. The molecule has 0 aromatic carbocycles. The molecule has 464 valence electrons. The second kappa shape index (κ2) is 59.6. The van der Waals surface area contributed by atoms with Crippen molar-refractivity contribution in [1.82, 2.24) is 5.32 Å². The zero-order chi connectivity index (χ0) is 59.3. The second-order valence-electron chi connectivity index (χ2n) is 22.9. The Balaban J connectivity index is 5.28. The van der Waals surface area contributed by atoms with Gasteiger partial charge in [-0.05, 0) is 122 Å². The predicted octanol–water partition coefficient (Wildman–Crippen LogP) is 20.0.